The van der Waals surface area contributed by atoms with E-state index in [2.05, 4.69) is 0 Å². The molecule has 1 N–H and O–H groups in total. The summed E-state index contributed by atoms with van der Waals surface area (Å²) in [5, 5.41) is 8.97. The van der Waals surface area contributed by atoms with E-state index < -0.39 is 0 Å². The highest BCUT2D eigenvalue weighted by Gasteiger charge is 2.17. The highest BCUT2D eigenvalue weighted by Crippen LogP contribution is 2.18. The Balaban J connectivity index is 2.54. The Labute approximate surface area is 83.3 Å². The van der Waals surface area contributed by atoms with Crippen LogP contribution in [0.4, 0.5) is 4.39 Å². The Bertz CT molecular complexity index is 297. The van der Waals surface area contributed by atoms with Gasteiger partial charge in [0.2, 0.25) is 0 Å². The molecule has 0 heterocycles. The van der Waals surface area contributed by atoms with E-state index in [0.29, 0.717) is 12.4 Å². The van der Waals surface area contributed by atoms with Crippen molar-refractivity contribution in [1.82, 2.24) is 0 Å². The monoisotopic (exact) mass is 198 g/mol. The lowest BCUT2D eigenvalue weighted by molar-refractivity contribution is 0.0974. The number of hydrogen-bond acceptors (Lipinski definition) is 2. The molecule has 0 saturated heterocycles. The van der Waals surface area contributed by atoms with Gasteiger partial charge in [-0.1, -0.05) is 19.9 Å². The molecule has 0 spiro atoms. The number of ether oxygens (including phenoxy) is 1. The van der Waals surface area contributed by atoms with Crippen molar-refractivity contribution in [1.29, 1.82) is 0 Å². The maximum Gasteiger partial charge on any atom is 0.126 e. The summed E-state index contributed by atoms with van der Waals surface area (Å²) in [6, 6.07) is 5.98. The molecule has 0 saturated carbocycles. The minimum atomic E-state index is -0.315. The van der Waals surface area contributed by atoms with Gasteiger partial charge in [-0.05, 0) is 12.1 Å². The Hall–Kier alpha value is -1.09. The molecular weight excluding hydrogens is 183 g/mol. The Morgan fingerprint density at radius 3 is 2.71 bits per heavy atom. The van der Waals surface area contributed by atoms with Crippen molar-refractivity contribution in [3.8, 4) is 5.75 Å². The van der Waals surface area contributed by atoms with Crippen molar-refractivity contribution in [2.45, 2.75) is 13.8 Å². The van der Waals surface area contributed by atoms with Gasteiger partial charge in [-0.25, -0.2) is 4.39 Å². The van der Waals surface area contributed by atoms with Crippen LogP contribution in [-0.2, 0) is 0 Å². The van der Waals surface area contributed by atoms with Crippen LogP contribution in [0.15, 0.2) is 24.3 Å². The van der Waals surface area contributed by atoms with Crippen LogP contribution in [0.1, 0.15) is 13.8 Å². The van der Waals surface area contributed by atoms with Crippen LogP contribution < -0.4 is 4.74 Å². The first-order valence-electron chi connectivity index (χ1n) is 4.53. The number of aliphatic hydroxyl groups excluding tert-OH is 1. The Kier molecular flexibility index (Phi) is 3.47. The Morgan fingerprint density at radius 1 is 1.43 bits per heavy atom. The van der Waals surface area contributed by atoms with Crippen LogP contribution in [0.2, 0.25) is 0 Å². The number of aliphatic hydroxyl groups is 1. The lowest BCUT2D eigenvalue weighted by atomic mass is 9.97. The molecule has 0 aromatic heterocycles. The quantitative estimate of drug-likeness (QED) is 0.803. The zero-order valence-corrected chi connectivity index (χ0v) is 8.46. The highest BCUT2D eigenvalue weighted by molar-refractivity contribution is 5.22. The minimum absolute atomic E-state index is 0.0440. The molecule has 0 bridgehead atoms. The minimum Gasteiger partial charge on any atom is -0.493 e. The number of hydrogen-bond donors (Lipinski definition) is 1. The van der Waals surface area contributed by atoms with E-state index in [0.717, 1.165) is 0 Å². The van der Waals surface area contributed by atoms with E-state index in [1.807, 2.05) is 13.8 Å². The average molecular weight is 198 g/mol. The fourth-order valence-corrected chi connectivity index (χ4v) is 0.881. The van der Waals surface area contributed by atoms with Crippen LogP contribution in [0, 0.1) is 11.2 Å². The van der Waals surface area contributed by atoms with E-state index in [1.165, 1.54) is 12.1 Å². The zero-order chi connectivity index (χ0) is 10.6. The molecule has 14 heavy (non-hydrogen) atoms. The van der Waals surface area contributed by atoms with Gasteiger partial charge in [-0.3, -0.25) is 0 Å². The molecule has 0 aliphatic carbocycles. The molecule has 0 radical (unpaired) electrons. The van der Waals surface area contributed by atoms with Crippen molar-refractivity contribution >= 4 is 0 Å². The molecule has 1 aromatic carbocycles. The van der Waals surface area contributed by atoms with Gasteiger partial charge < -0.3 is 9.84 Å². The third-order valence-electron chi connectivity index (χ3n) is 1.85. The van der Waals surface area contributed by atoms with Crippen molar-refractivity contribution in [2.75, 3.05) is 13.2 Å². The maximum absolute atomic E-state index is 12.7. The fraction of sp³-hybridized carbons (Fsp3) is 0.455. The third-order valence-corrected chi connectivity index (χ3v) is 1.85. The van der Waals surface area contributed by atoms with Gasteiger partial charge in [0.25, 0.3) is 0 Å². The molecule has 0 amide bonds. The van der Waals surface area contributed by atoms with E-state index >= 15 is 0 Å². The predicted octanol–water partition coefficient (Wildman–Crippen LogP) is 2.22. The van der Waals surface area contributed by atoms with Gasteiger partial charge in [0.15, 0.2) is 0 Å². The van der Waals surface area contributed by atoms with Crippen LogP contribution in [0.25, 0.3) is 0 Å². The van der Waals surface area contributed by atoms with Crippen LogP contribution in [0.3, 0.4) is 0 Å². The van der Waals surface area contributed by atoms with E-state index in [-0.39, 0.29) is 17.8 Å². The second-order valence-electron chi connectivity index (χ2n) is 4.07. The largest absolute Gasteiger partial charge is 0.493 e. The molecule has 3 heteroatoms. The van der Waals surface area contributed by atoms with Crippen LogP contribution in [0.5, 0.6) is 5.75 Å². The summed E-state index contributed by atoms with van der Waals surface area (Å²) in [6.07, 6.45) is 0. The van der Waals surface area contributed by atoms with Gasteiger partial charge in [-0.2, -0.15) is 0 Å². The Morgan fingerprint density at radius 2 is 2.14 bits per heavy atom. The standard InChI is InChI=1S/C11H15FO2/c1-11(2,7-13)8-14-10-5-3-4-9(12)6-10/h3-6,13H,7-8H2,1-2H3. The van der Waals surface area contributed by atoms with Gasteiger partial charge in [0, 0.05) is 11.5 Å². The molecule has 2 nitrogen and oxygen atoms in total. The molecule has 0 unspecified atom stereocenters. The summed E-state index contributed by atoms with van der Waals surface area (Å²) >= 11 is 0. The number of benzene rings is 1. The number of rotatable bonds is 4. The highest BCUT2D eigenvalue weighted by atomic mass is 19.1. The molecule has 1 aromatic rings. The summed E-state index contributed by atoms with van der Waals surface area (Å²) < 4.78 is 18.1. The van der Waals surface area contributed by atoms with Gasteiger partial charge in [-0.15, -0.1) is 0 Å². The second-order valence-corrected chi connectivity index (χ2v) is 4.07. The number of halogens is 1. The molecule has 0 atom stereocenters. The summed E-state index contributed by atoms with van der Waals surface area (Å²) in [4.78, 5) is 0. The predicted molar refractivity (Wildman–Crippen MR) is 52.8 cm³/mol. The van der Waals surface area contributed by atoms with Gasteiger partial charge in [0.1, 0.15) is 11.6 Å². The van der Waals surface area contributed by atoms with Gasteiger partial charge >= 0.3 is 0 Å². The van der Waals surface area contributed by atoms with Crippen LogP contribution in [-0.4, -0.2) is 18.3 Å². The average Bonchev–Trinajstić information content (AvgIpc) is 2.15. The van der Waals surface area contributed by atoms with E-state index in [1.54, 1.807) is 12.1 Å². The summed E-state index contributed by atoms with van der Waals surface area (Å²) in [6.45, 7) is 4.17. The summed E-state index contributed by atoms with van der Waals surface area (Å²) in [7, 11) is 0. The molecular formula is C11H15FO2. The first kappa shape index (κ1) is 11.0. The van der Waals surface area contributed by atoms with Gasteiger partial charge in [0.05, 0.1) is 13.2 Å². The van der Waals surface area contributed by atoms with Crippen molar-refractivity contribution in [3.63, 3.8) is 0 Å². The lowest BCUT2D eigenvalue weighted by Crippen LogP contribution is -2.25. The third kappa shape index (κ3) is 3.34. The van der Waals surface area contributed by atoms with Crippen molar-refractivity contribution in [2.24, 2.45) is 5.41 Å². The first-order valence-corrected chi connectivity index (χ1v) is 4.53. The normalized spacial score (nSPS) is 11.4. The van der Waals surface area contributed by atoms with E-state index in [9.17, 15) is 4.39 Å². The smallest absolute Gasteiger partial charge is 0.126 e. The topological polar surface area (TPSA) is 29.5 Å². The first-order chi connectivity index (χ1) is 6.53. The van der Waals surface area contributed by atoms with E-state index in [4.69, 9.17) is 9.84 Å². The second kappa shape index (κ2) is 4.42. The summed E-state index contributed by atoms with van der Waals surface area (Å²) in [5.41, 5.74) is -0.299. The maximum atomic E-state index is 12.7. The SMILES string of the molecule is CC(C)(CO)COc1cccc(F)c1. The molecule has 78 valence electrons. The van der Waals surface area contributed by atoms with Crippen molar-refractivity contribution in [3.05, 3.63) is 30.1 Å². The molecule has 0 aliphatic rings. The van der Waals surface area contributed by atoms with Crippen molar-refractivity contribution < 1.29 is 14.2 Å². The molecule has 1 rings (SSSR count). The van der Waals surface area contributed by atoms with Crippen LogP contribution >= 0.6 is 0 Å². The molecule has 0 fully saturated rings. The molecule has 0 aliphatic heterocycles. The fourth-order valence-electron chi connectivity index (χ4n) is 0.881. The summed E-state index contributed by atoms with van der Waals surface area (Å²) in [5.74, 6) is 0.177. The zero-order valence-electron chi connectivity index (χ0n) is 8.46. The lowest BCUT2D eigenvalue weighted by Gasteiger charge is -2.21.